The smallest absolute Gasteiger partial charge is 0.268 e. The zero-order valence-electron chi connectivity index (χ0n) is 32.7. The summed E-state index contributed by atoms with van der Waals surface area (Å²) in [7, 11) is 0. The number of carbonyl (C=O) groups is 2. The van der Waals surface area contributed by atoms with Crippen LogP contribution in [-0.4, -0.2) is 57.3 Å². The van der Waals surface area contributed by atoms with E-state index in [-0.39, 0.29) is 37.4 Å². The number of halogens is 5. The number of rotatable bonds is 14. The van der Waals surface area contributed by atoms with E-state index in [9.17, 15) is 19.8 Å². The lowest BCUT2D eigenvalue weighted by Crippen LogP contribution is -2.31. The summed E-state index contributed by atoms with van der Waals surface area (Å²) < 4.78 is 0. The van der Waals surface area contributed by atoms with Crippen LogP contribution in [0.2, 0.25) is 20.1 Å². The second kappa shape index (κ2) is 22.1. The molecule has 15 heteroatoms. The van der Waals surface area contributed by atoms with Crippen molar-refractivity contribution in [3.8, 4) is 22.3 Å². The van der Waals surface area contributed by atoms with Gasteiger partial charge in [-0.3, -0.25) is 9.59 Å². The molecule has 6 rings (SSSR count). The minimum atomic E-state index is -0.560. The number of aliphatic hydroxyl groups excluding tert-OH is 2. The van der Waals surface area contributed by atoms with E-state index in [1.54, 1.807) is 73.1 Å². The first-order chi connectivity index (χ1) is 27.7. The quantitative estimate of drug-likeness (QED) is 0.0545. The third kappa shape index (κ3) is 13.2. The van der Waals surface area contributed by atoms with E-state index in [1.165, 1.54) is 0 Å². The van der Waals surface area contributed by atoms with Gasteiger partial charge in [-0.1, -0.05) is 70.7 Å². The first-order valence-electron chi connectivity index (χ1n) is 18.6. The van der Waals surface area contributed by atoms with Crippen molar-refractivity contribution in [1.29, 1.82) is 0 Å². The summed E-state index contributed by atoms with van der Waals surface area (Å²) in [6.07, 6.45) is 3.48. The molecular formula is C44H47Cl5N6O4. The maximum Gasteiger partial charge on any atom is 0.268 e. The molecule has 0 aliphatic rings. The summed E-state index contributed by atoms with van der Waals surface area (Å²) in [5.74, 6) is -0.661. The van der Waals surface area contributed by atoms with Crippen LogP contribution in [-0.2, 0) is 0 Å². The van der Waals surface area contributed by atoms with Crippen LogP contribution < -0.4 is 21.3 Å². The highest BCUT2D eigenvalue weighted by Gasteiger charge is 2.19. The molecular weight excluding hydrogens is 854 g/mol. The summed E-state index contributed by atoms with van der Waals surface area (Å²) >= 11 is 24.8. The molecule has 312 valence electrons. The summed E-state index contributed by atoms with van der Waals surface area (Å²) in [5, 5.41) is 34.0. The molecule has 2 heterocycles. The van der Waals surface area contributed by atoms with E-state index in [2.05, 4.69) is 58.9 Å². The van der Waals surface area contributed by atoms with Crippen LogP contribution in [0.3, 0.4) is 0 Å². The van der Waals surface area contributed by atoms with E-state index in [4.69, 9.17) is 46.4 Å². The van der Waals surface area contributed by atoms with Crippen LogP contribution in [0.4, 0.5) is 11.4 Å². The first kappa shape index (κ1) is 47.0. The Hall–Kier alpha value is -4.65. The Balaban J connectivity index is 0.000000256. The van der Waals surface area contributed by atoms with Gasteiger partial charge < -0.3 is 41.4 Å². The molecule has 2 aromatic heterocycles. The van der Waals surface area contributed by atoms with Crippen molar-refractivity contribution in [2.45, 2.75) is 51.9 Å². The molecule has 6 aromatic rings. The number of anilines is 2. The van der Waals surface area contributed by atoms with Gasteiger partial charge in [-0.2, -0.15) is 0 Å². The Labute approximate surface area is 370 Å². The van der Waals surface area contributed by atoms with Crippen molar-refractivity contribution < 1.29 is 19.8 Å². The molecule has 0 radical (unpaired) electrons. The predicted octanol–water partition coefficient (Wildman–Crippen LogP) is 11.0. The molecule has 4 aromatic carbocycles. The monoisotopic (exact) mass is 898 g/mol. The molecule has 8 N–H and O–H groups in total. The average Bonchev–Trinajstić information content (AvgIpc) is 3.89. The zero-order valence-corrected chi connectivity index (χ0v) is 36.6. The maximum atomic E-state index is 12.7. The minimum absolute atomic E-state index is 0. The molecule has 0 aliphatic heterocycles. The largest absolute Gasteiger partial charge is 0.394 e. The lowest BCUT2D eigenvalue weighted by Gasteiger charge is -2.16. The van der Waals surface area contributed by atoms with E-state index in [1.807, 2.05) is 36.4 Å². The van der Waals surface area contributed by atoms with Gasteiger partial charge in [0.15, 0.2) is 0 Å². The van der Waals surface area contributed by atoms with Crippen LogP contribution in [0, 0.1) is 0 Å². The highest BCUT2D eigenvalue weighted by molar-refractivity contribution is 6.34. The predicted molar refractivity (Wildman–Crippen MR) is 245 cm³/mol. The summed E-state index contributed by atoms with van der Waals surface area (Å²) in [6, 6.07) is 28.4. The third-order valence-corrected chi connectivity index (χ3v) is 9.93. The number of benzene rings is 4. The third-order valence-electron chi connectivity index (χ3n) is 8.80. The van der Waals surface area contributed by atoms with Crippen LogP contribution in [0.1, 0.15) is 71.9 Å². The van der Waals surface area contributed by atoms with Crippen LogP contribution in [0.5, 0.6) is 0 Å². The Kier molecular flexibility index (Phi) is 17.6. The minimum Gasteiger partial charge on any atom is -0.394 e. The van der Waals surface area contributed by atoms with Gasteiger partial charge in [0, 0.05) is 78.2 Å². The van der Waals surface area contributed by atoms with Gasteiger partial charge in [-0.15, -0.1) is 12.4 Å². The van der Waals surface area contributed by atoms with E-state index in [0.29, 0.717) is 43.6 Å². The van der Waals surface area contributed by atoms with Gasteiger partial charge in [0.2, 0.25) is 0 Å². The van der Waals surface area contributed by atoms with Crippen LogP contribution in [0.15, 0.2) is 109 Å². The fourth-order valence-electron chi connectivity index (χ4n) is 6.09. The molecule has 0 spiro atoms. The number of amides is 2. The number of hydrogen-bond donors (Lipinski definition) is 8. The lowest BCUT2D eigenvalue weighted by molar-refractivity contribution is 0.0905. The molecule has 0 saturated heterocycles. The number of H-pyrrole nitrogens is 2. The molecule has 0 saturated carbocycles. The number of nitrogens with one attached hydrogen (secondary N) is 6. The average molecular weight is 901 g/mol. The van der Waals surface area contributed by atoms with Gasteiger partial charge in [-0.25, -0.2) is 0 Å². The first-order valence-corrected chi connectivity index (χ1v) is 20.1. The molecule has 0 unspecified atom stereocenters. The van der Waals surface area contributed by atoms with Gasteiger partial charge >= 0.3 is 0 Å². The standard InChI is InChI=1S/2C22H23Cl2N3O2.ClH/c2*1-13(2)26-17-6-7-19(24)18(10-17)15-9-20(25-11-15)22(29)27-21(12-28)14-4-3-5-16(23)8-14;/h2*3-11,13,21,25-26,28H,12H2,1-2H3,(H,27,29);1H/t2*21-;/m11./s1. The fraction of sp³-hybridized carbons (Fsp3) is 0.227. The molecule has 0 bridgehead atoms. The summed E-state index contributed by atoms with van der Waals surface area (Å²) in [5.41, 5.74) is 7.36. The summed E-state index contributed by atoms with van der Waals surface area (Å²) in [4.78, 5) is 31.3. The number of aromatic amines is 2. The van der Waals surface area contributed by atoms with Crippen molar-refractivity contribution in [3.63, 3.8) is 0 Å². The molecule has 10 nitrogen and oxygen atoms in total. The Morgan fingerprint density at radius 1 is 0.576 bits per heavy atom. The van der Waals surface area contributed by atoms with Crippen molar-refractivity contribution in [1.82, 2.24) is 20.6 Å². The molecule has 2 amide bonds. The Bertz CT molecular complexity index is 2170. The van der Waals surface area contributed by atoms with E-state index >= 15 is 0 Å². The number of carbonyl (C=O) groups excluding carboxylic acids is 2. The molecule has 59 heavy (non-hydrogen) atoms. The number of aliphatic hydroxyl groups is 2. The molecule has 2 atom stereocenters. The van der Waals surface area contributed by atoms with Crippen LogP contribution >= 0.6 is 58.8 Å². The van der Waals surface area contributed by atoms with Gasteiger partial charge in [0.05, 0.1) is 25.3 Å². The van der Waals surface area contributed by atoms with Gasteiger partial charge in [0.1, 0.15) is 11.4 Å². The lowest BCUT2D eigenvalue weighted by atomic mass is 10.1. The van der Waals surface area contributed by atoms with Gasteiger partial charge in [0.25, 0.3) is 11.8 Å². The van der Waals surface area contributed by atoms with E-state index in [0.717, 1.165) is 44.8 Å². The maximum absolute atomic E-state index is 12.7. The second-order valence-corrected chi connectivity index (χ2v) is 15.8. The van der Waals surface area contributed by atoms with Crippen molar-refractivity contribution >= 4 is 82.0 Å². The Morgan fingerprint density at radius 2 is 0.966 bits per heavy atom. The second-order valence-electron chi connectivity index (χ2n) is 14.1. The molecule has 0 aliphatic carbocycles. The van der Waals surface area contributed by atoms with Gasteiger partial charge in [-0.05, 0) is 112 Å². The number of hydrogen-bond acceptors (Lipinski definition) is 6. The number of aromatic nitrogens is 2. The Morgan fingerprint density at radius 3 is 1.31 bits per heavy atom. The highest BCUT2D eigenvalue weighted by atomic mass is 35.5. The normalized spacial score (nSPS) is 11.9. The topological polar surface area (TPSA) is 154 Å². The van der Waals surface area contributed by atoms with Crippen molar-refractivity contribution in [2.24, 2.45) is 0 Å². The van der Waals surface area contributed by atoms with Crippen molar-refractivity contribution in [2.75, 3.05) is 23.8 Å². The molecule has 0 fully saturated rings. The fourth-order valence-corrected chi connectivity index (χ4v) is 6.94. The van der Waals surface area contributed by atoms with E-state index < -0.39 is 12.1 Å². The summed E-state index contributed by atoms with van der Waals surface area (Å²) in [6.45, 7) is 7.76. The highest BCUT2D eigenvalue weighted by Crippen LogP contribution is 2.33. The van der Waals surface area contributed by atoms with Crippen LogP contribution in [0.25, 0.3) is 22.3 Å². The SMILES string of the molecule is CC(C)Nc1ccc(Cl)c(-c2c[nH]c(C(=O)N[C@H](CO)c3cccc(Cl)c3)c2)c1.CC(C)Nc1ccc(Cl)c(-c2c[nH]c(C(=O)N[C@H](CO)c3cccc(Cl)c3)c2)c1.Cl. The van der Waals surface area contributed by atoms with Crippen molar-refractivity contribution in [3.05, 3.63) is 152 Å². The zero-order chi connectivity index (χ0) is 41.9.